The molecule has 1 aromatic heterocycles. The van der Waals surface area contributed by atoms with Gasteiger partial charge < -0.3 is 14.5 Å². The van der Waals surface area contributed by atoms with Gasteiger partial charge in [0.1, 0.15) is 11.5 Å². The van der Waals surface area contributed by atoms with Crippen molar-refractivity contribution in [2.75, 3.05) is 19.5 Å². The molecular weight excluding hydrogens is 320 g/mol. The predicted octanol–water partition coefficient (Wildman–Crippen LogP) is 2.07. The summed E-state index contributed by atoms with van der Waals surface area (Å²) in [4.78, 5) is 11.3. The number of carbonyl (C=O) groups is 1. The molecule has 1 N–H and O–H groups in total. The molecule has 2 aromatic rings. The van der Waals surface area contributed by atoms with Crippen molar-refractivity contribution in [1.29, 1.82) is 0 Å². The van der Waals surface area contributed by atoms with E-state index in [-0.39, 0.29) is 17.3 Å². The van der Waals surface area contributed by atoms with Gasteiger partial charge in [0.25, 0.3) is 0 Å². The summed E-state index contributed by atoms with van der Waals surface area (Å²) in [6.07, 6.45) is 1.48. The summed E-state index contributed by atoms with van der Waals surface area (Å²) in [5, 5.41) is 2.56. The molecule has 1 heterocycles. The molecule has 124 valence electrons. The van der Waals surface area contributed by atoms with Crippen LogP contribution in [0.4, 0.5) is 5.69 Å². The van der Waals surface area contributed by atoms with Crippen LogP contribution in [0.2, 0.25) is 0 Å². The van der Waals surface area contributed by atoms with E-state index in [1.165, 1.54) is 49.8 Å². The van der Waals surface area contributed by atoms with Crippen LogP contribution in [0.1, 0.15) is 12.7 Å². The number of rotatable bonds is 6. The van der Waals surface area contributed by atoms with Crippen molar-refractivity contribution in [3.05, 3.63) is 42.4 Å². The van der Waals surface area contributed by atoms with Crippen LogP contribution in [0.5, 0.6) is 5.75 Å². The van der Waals surface area contributed by atoms with Crippen molar-refractivity contribution in [1.82, 2.24) is 4.31 Å². The Kier molecular flexibility index (Phi) is 5.07. The highest BCUT2D eigenvalue weighted by molar-refractivity contribution is 7.89. The fourth-order valence-electron chi connectivity index (χ4n) is 2.02. The van der Waals surface area contributed by atoms with Crippen LogP contribution >= 0.6 is 0 Å². The lowest BCUT2D eigenvalue weighted by Gasteiger charge is -2.17. The van der Waals surface area contributed by atoms with E-state index in [0.29, 0.717) is 17.2 Å². The molecule has 2 rings (SSSR count). The van der Waals surface area contributed by atoms with Gasteiger partial charge in [-0.05, 0) is 30.3 Å². The van der Waals surface area contributed by atoms with Gasteiger partial charge in [0.05, 0.1) is 30.5 Å². The second-order valence-corrected chi connectivity index (χ2v) is 6.93. The van der Waals surface area contributed by atoms with Crippen LogP contribution in [-0.2, 0) is 21.4 Å². The Hall–Kier alpha value is -2.32. The maximum absolute atomic E-state index is 12.6. The van der Waals surface area contributed by atoms with Gasteiger partial charge in [0.2, 0.25) is 15.9 Å². The lowest BCUT2D eigenvalue weighted by molar-refractivity contribution is -0.114. The van der Waals surface area contributed by atoms with Gasteiger partial charge in [0, 0.05) is 14.0 Å². The third-order valence-electron chi connectivity index (χ3n) is 3.15. The number of hydrogen-bond acceptors (Lipinski definition) is 5. The van der Waals surface area contributed by atoms with E-state index >= 15 is 0 Å². The summed E-state index contributed by atoms with van der Waals surface area (Å²) < 4.78 is 36.7. The molecule has 0 spiro atoms. The molecule has 1 amide bonds. The summed E-state index contributed by atoms with van der Waals surface area (Å²) in [7, 11) is -0.831. The summed E-state index contributed by atoms with van der Waals surface area (Å²) in [6, 6.07) is 7.69. The van der Waals surface area contributed by atoms with Gasteiger partial charge >= 0.3 is 0 Å². The number of amides is 1. The van der Waals surface area contributed by atoms with Gasteiger partial charge in [-0.25, -0.2) is 8.42 Å². The normalized spacial score (nSPS) is 11.5. The molecule has 0 saturated carbocycles. The monoisotopic (exact) mass is 338 g/mol. The quantitative estimate of drug-likeness (QED) is 0.871. The minimum absolute atomic E-state index is 0.0520. The standard InChI is InChI=1S/C15H18N2O5S/c1-11(18)16-14-9-13(6-7-15(14)21-3)23(19,20)17(2)10-12-5-4-8-22-12/h4-9H,10H2,1-3H3,(H,16,18). The largest absolute Gasteiger partial charge is 0.495 e. The van der Waals surface area contributed by atoms with Gasteiger partial charge in [-0.3, -0.25) is 4.79 Å². The first-order valence-corrected chi connectivity index (χ1v) is 8.23. The molecule has 0 fully saturated rings. The van der Waals surface area contributed by atoms with E-state index in [4.69, 9.17) is 9.15 Å². The van der Waals surface area contributed by atoms with Gasteiger partial charge in [-0.1, -0.05) is 0 Å². The second kappa shape index (κ2) is 6.84. The van der Waals surface area contributed by atoms with Crippen LogP contribution in [0, 0.1) is 0 Å². The number of anilines is 1. The Morgan fingerprint density at radius 1 is 1.35 bits per heavy atom. The zero-order chi connectivity index (χ0) is 17.0. The summed E-state index contributed by atoms with van der Waals surface area (Å²) in [5.41, 5.74) is 0.299. The molecule has 0 unspecified atom stereocenters. The van der Waals surface area contributed by atoms with Crippen molar-refractivity contribution in [3.8, 4) is 5.75 Å². The van der Waals surface area contributed by atoms with Gasteiger partial charge in [-0.2, -0.15) is 4.31 Å². The topological polar surface area (TPSA) is 88.8 Å². The van der Waals surface area contributed by atoms with Crippen LogP contribution in [-0.4, -0.2) is 32.8 Å². The van der Waals surface area contributed by atoms with Crippen molar-refractivity contribution in [2.45, 2.75) is 18.4 Å². The van der Waals surface area contributed by atoms with Gasteiger partial charge in [-0.15, -0.1) is 0 Å². The highest BCUT2D eigenvalue weighted by Gasteiger charge is 2.23. The molecule has 0 aliphatic carbocycles. The molecular formula is C15H18N2O5S. The molecule has 0 bridgehead atoms. The smallest absolute Gasteiger partial charge is 0.243 e. The average Bonchev–Trinajstić information content (AvgIpc) is 2.99. The molecule has 0 aliphatic rings. The van der Waals surface area contributed by atoms with Crippen LogP contribution in [0.25, 0.3) is 0 Å². The highest BCUT2D eigenvalue weighted by atomic mass is 32.2. The maximum Gasteiger partial charge on any atom is 0.243 e. The third kappa shape index (κ3) is 3.91. The maximum atomic E-state index is 12.6. The van der Waals surface area contributed by atoms with E-state index in [1.807, 2.05) is 0 Å². The minimum Gasteiger partial charge on any atom is -0.495 e. The molecule has 0 radical (unpaired) electrons. The molecule has 0 aliphatic heterocycles. The van der Waals surface area contributed by atoms with E-state index < -0.39 is 10.0 Å². The third-order valence-corrected chi connectivity index (χ3v) is 4.95. The molecule has 8 heteroatoms. The fraction of sp³-hybridized carbons (Fsp3) is 0.267. The van der Waals surface area contributed by atoms with E-state index in [9.17, 15) is 13.2 Å². The lowest BCUT2D eigenvalue weighted by Crippen LogP contribution is -2.26. The number of nitrogens with one attached hydrogen (secondary N) is 1. The van der Waals surface area contributed by atoms with E-state index in [0.717, 1.165) is 0 Å². The molecule has 1 aromatic carbocycles. The summed E-state index contributed by atoms with van der Waals surface area (Å²) in [5.74, 6) is 0.598. The molecule has 7 nitrogen and oxygen atoms in total. The summed E-state index contributed by atoms with van der Waals surface area (Å²) in [6.45, 7) is 1.44. The first kappa shape index (κ1) is 17.0. The zero-order valence-corrected chi connectivity index (χ0v) is 13.9. The molecule has 0 atom stereocenters. The Bertz CT molecular complexity index is 784. The first-order valence-electron chi connectivity index (χ1n) is 6.79. The van der Waals surface area contributed by atoms with Crippen LogP contribution < -0.4 is 10.1 Å². The number of nitrogens with zero attached hydrogens (tertiary/aromatic N) is 1. The van der Waals surface area contributed by atoms with E-state index in [1.54, 1.807) is 12.1 Å². The second-order valence-electron chi connectivity index (χ2n) is 4.88. The Morgan fingerprint density at radius 3 is 2.65 bits per heavy atom. The number of ether oxygens (including phenoxy) is 1. The summed E-state index contributed by atoms with van der Waals surface area (Å²) >= 11 is 0. The fourth-order valence-corrected chi connectivity index (χ4v) is 3.19. The Labute approximate surface area is 134 Å². The van der Waals surface area contributed by atoms with Crippen LogP contribution in [0.15, 0.2) is 45.9 Å². The number of furan rings is 1. The predicted molar refractivity (Wildman–Crippen MR) is 84.7 cm³/mol. The van der Waals surface area contributed by atoms with Crippen molar-refractivity contribution < 1.29 is 22.4 Å². The highest BCUT2D eigenvalue weighted by Crippen LogP contribution is 2.29. The Morgan fingerprint density at radius 2 is 2.09 bits per heavy atom. The van der Waals surface area contributed by atoms with Crippen molar-refractivity contribution in [2.24, 2.45) is 0 Å². The number of carbonyl (C=O) groups excluding carboxylic acids is 1. The Balaban J connectivity index is 2.33. The van der Waals surface area contributed by atoms with Gasteiger partial charge in [0.15, 0.2) is 0 Å². The van der Waals surface area contributed by atoms with E-state index in [2.05, 4.69) is 5.32 Å². The number of benzene rings is 1. The molecule has 23 heavy (non-hydrogen) atoms. The number of hydrogen-bond donors (Lipinski definition) is 1. The lowest BCUT2D eigenvalue weighted by atomic mass is 10.3. The minimum atomic E-state index is -3.73. The van der Waals surface area contributed by atoms with Crippen molar-refractivity contribution >= 4 is 21.6 Å². The number of sulfonamides is 1. The van der Waals surface area contributed by atoms with Crippen LogP contribution in [0.3, 0.4) is 0 Å². The average molecular weight is 338 g/mol. The van der Waals surface area contributed by atoms with Crippen molar-refractivity contribution in [3.63, 3.8) is 0 Å². The first-order chi connectivity index (χ1) is 10.8. The zero-order valence-electron chi connectivity index (χ0n) is 13.1. The SMILES string of the molecule is COc1ccc(S(=O)(=O)N(C)Cc2ccco2)cc1NC(C)=O. The number of methoxy groups -OCH3 is 1. The molecule has 0 saturated heterocycles.